The molecule has 2 aromatic rings. The number of hydrogen-bond acceptors (Lipinski definition) is 3. The minimum absolute atomic E-state index is 0.0338. The average Bonchev–Trinajstić information content (AvgIpc) is 2.89. The summed E-state index contributed by atoms with van der Waals surface area (Å²) in [6.07, 6.45) is -0.0338. The van der Waals surface area contributed by atoms with Crippen LogP contribution in [0.1, 0.15) is 17.0 Å². The third-order valence-corrected chi connectivity index (χ3v) is 3.55. The van der Waals surface area contributed by atoms with Crippen LogP contribution < -0.4 is 9.47 Å². The molecule has 21 heavy (non-hydrogen) atoms. The normalized spacial score (nSPS) is 16.1. The van der Waals surface area contributed by atoms with Crippen molar-refractivity contribution in [1.29, 1.82) is 0 Å². The molecule has 1 aliphatic rings. The van der Waals surface area contributed by atoms with Crippen molar-refractivity contribution < 1.29 is 19.4 Å². The summed E-state index contributed by atoms with van der Waals surface area (Å²) in [6.45, 7) is 1.08. The molecule has 0 spiro atoms. The van der Waals surface area contributed by atoms with E-state index in [-0.39, 0.29) is 12.3 Å². The lowest BCUT2D eigenvalue weighted by atomic mass is 10.0. The quantitative estimate of drug-likeness (QED) is 0.917. The first-order valence-corrected chi connectivity index (χ1v) is 6.88. The van der Waals surface area contributed by atoms with Crippen LogP contribution in [0.25, 0.3) is 0 Å². The van der Waals surface area contributed by atoms with Crippen molar-refractivity contribution in [3.63, 3.8) is 0 Å². The maximum absolute atomic E-state index is 10.9. The van der Waals surface area contributed by atoms with Crippen LogP contribution in [0.15, 0.2) is 48.5 Å². The zero-order valence-corrected chi connectivity index (χ0v) is 11.5. The molecule has 0 saturated heterocycles. The van der Waals surface area contributed by atoms with E-state index in [0.717, 1.165) is 11.3 Å². The highest BCUT2D eigenvalue weighted by molar-refractivity contribution is 5.71. The van der Waals surface area contributed by atoms with Crippen LogP contribution in [-0.4, -0.2) is 24.3 Å². The van der Waals surface area contributed by atoms with Gasteiger partial charge in [-0.2, -0.15) is 0 Å². The fourth-order valence-electron chi connectivity index (χ4n) is 2.51. The molecule has 4 nitrogen and oxygen atoms in total. The molecule has 1 unspecified atom stereocenters. The molecule has 0 aliphatic carbocycles. The number of carboxylic acids is 1. The third kappa shape index (κ3) is 2.99. The van der Waals surface area contributed by atoms with Gasteiger partial charge in [-0.25, -0.2) is 0 Å². The molecule has 1 aliphatic heterocycles. The van der Waals surface area contributed by atoms with E-state index in [1.54, 1.807) is 12.1 Å². The molecular formula is C17H16O4. The van der Waals surface area contributed by atoms with E-state index in [4.69, 9.17) is 14.6 Å². The molecule has 0 fully saturated rings. The molecule has 0 saturated carbocycles. The fraction of sp³-hybridized carbons (Fsp3) is 0.235. The van der Waals surface area contributed by atoms with E-state index >= 15 is 0 Å². The van der Waals surface area contributed by atoms with Crippen molar-refractivity contribution in [1.82, 2.24) is 0 Å². The number of para-hydroxylation sites is 2. The van der Waals surface area contributed by atoms with Gasteiger partial charge in [-0.1, -0.05) is 36.4 Å². The lowest BCUT2D eigenvalue weighted by Crippen LogP contribution is -2.13. The van der Waals surface area contributed by atoms with E-state index in [2.05, 4.69) is 0 Å². The Kier molecular flexibility index (Phi) is 3.77. The van der Waals surface area contributed by atoms with Gasteiger partial charge in [0.05, 0.1) is 25.6 Å². The van der Waals surface area contributed by atoms with Gasteiger partial charge < -0.3 is 14.6 Å². The van der Waals surface area contributed by atoms with Gasteiger partial charge in [0.2, 0.25) is 0 Å². The van der Waals surface area contributed by atoms with Crippen LogP contribution >= 0.6 is 0 Å². The molecular weight excluding hydrogens is 268 g/mol. The Morgan fingerprint density at radius 3 is 2.81 bits per heavy atom. The summed E-state index contributed by atoms with van der Waals surface area (Å²) in [5.74, 6) is 0.855. The van der Waals surface area contributed by atoms with E-state index in [0.29, 0.717) is 24.5 Å². The Bertz CT molecular complexity index is 651. The summed E-state index contributed by atoms with van der Waals surface area (Å²) in [7, 11) is 0. The minimum atomic E-state index is -0.861. The predicted molar refractivity (Wildman–Crippen MR) is 78.0 cm³/mol. The molecule has 0 radical (unpaired) electrons. The molecule has 0 bridgehead atoms. The predicted octanol–water partition coefficient (Wildman–Crippen LogP) is 2.87. The van der Waals surface area contributed by atoms with Crippen LogP contribution in [0.2, 0.25) is 0 Å². The van der Waals surface area contributed by atoms with Gasteiger partial charge in [0.25, 0.3) is 0 Å². The van der Waals surface area contributed by atoms with Crippen molar-refractivity contribution >= 4 is 5.97 Å². The Balaban J connectivity index is 1.70. The number of benzene rings is 2. The lowest BCUT2D eigenvalue weighted by molar-refractivity contribution is -0.136. The van der Waals surface area contributed by atoms with Crippen molar-refractivity contribution in [2.75, 3.05) is 13.2 Å². The Morgan fingerprint density at radius 2 is 1.95 bits per heavy atom. The van der Waals surface area contributed by atoms with Crippen molar-refractivity contribution in [3.05, 3.63) is 59.7 Å². The number of ether oxygens (including phenoxy) is 2. The highest BCUT2D eigenvalue weighted by Crippen LogP contribution is 2.34. The first kappa shape index (κ1) is 13.5. The number of rotatable bonds is 5. The molecule has 2 aromatic carbocycles. The smallest absolute Gasteiger partial charge is 0.307 e. The highest BCUT2D eigenvalue weighted by Gasteiger charge is 2.24. The number of aliphatic carboxylic acids is 1. The van der Waals surface area contributed by atoms with Gasteiger partial charge in [0, 0.05) is 11.1 Å². The molecule has 0 aromatic heterocycles. The minimum Gasteiger partial charge on any atom is -0.493 e. The third-order valence-electron chi connectivity index (χ3n) is 3.55. The molecule has 1 N–H and O–H groups in total. The zero-order valence-electron chi connectivity index (χ0n) is 11.5. The topological polar surface area (TPSA) is 55.8 Å². The summed E-state index contributed by atoms with van der Waals surface area (Å²) in [6, 6.07) is 15.2. The number of carbonyl (C=O) groups is 1. The number of fused-ring (bicyclic) bond motifs is 1. The number of hydrogen-bond donors (Lipinski definition) is 1. The highest BCUT2D eigenvalue weighted by atomic mass is 16.5. The van der Waals surface area contributed by atoms with Gasteiger partial charge in [0.1, 0.15) is 11.5 Å². The monoisotopic (exact) mass is 284 g/mol. The van der Waals surface area contributed by atoms with Crippen LogP contribution in [0.5, 0.6) is 11.5 Å². The SMILES string of the molecule is O=C(O)Cc1ccccc1OCC1COc2ccccc21. The maximum Gasteiger partial charge on any atom is 0.307 e. The summed E-state index contributed by atoms with van der Waals surface area (Å²) in [4.78, 5) is 10.9. The molecule has 3 rings (SSSR count). The first-order chi connectivity index (χ1) is 10.2. The maximum atomic E-state index is 10.9. The second-order valence-electron chi connectivity index (χ2n) is 5.03. The molecule has 4 heteroatoms. The molecule has 108 valence electrons. The Morgan fingerprint density at radius 1 is 1.19 bits per heavy atom. The lowest BCUT2D eigenvalue weighted by Gasteiger charge is -2.13. The summed E-state index contributed by atoms with van der Waals surface area (Å²) < 4.78 is 11.5. The zero-order chi connectivity index (χ0) is 14.7. The van der Waals surface area contributed by atoms with Crippen LogP contribution in [-0.2, 0) is 11.2 Å². The second kappa shape index (κ2) is 5.87. The summed E-state index contributed by atoms with van der Waals surface area (Å²) >= 11 is 0. The first-order valence-electron chi connectivity index (χ1n) is 6.88. The van der Waals surface area contributed by atoms with Gasteiger partial charge in [-0.05, 0) is 12.1 Å². The van der Waals surface area contributed by atoms with Crippen LogP contribution in [0.3, 0.4) is 0 Å². The van der Waals surface area contributed by atoms with Gasteiger partial charge in [-0.3, -0.25) is 4.79 Å². The summed E-state index contributed by atoms with van der Waals surface area (Å²) in [5.41, 5.74) is 1.84. The number of carboxylic acid groups (broad SMARTS) is 1. The average molecular weight is 284 g/mol. The van der Waals surface area contributed by atoms with Gasteiger partial charge >= 0.3 is 5.97 Å². The molecule has 1 heterocycles. The standard InChI is InChI=1S/C17H16O4/c18-17(19)9-12-5-1-3-7-15(12)20-10-13-11-21-16-8-4-2-6-14(13)16/h1-8,13H,9-11H2,(H,18,19). The van der Waals surface area contributed by atoms with Gasteiger partial charge in [-0.15, -0.1) is 0 Å². The Labute approximate surface area is 122 Å². The van der Waals surface area contributed by atoms with Crippen molar-refractivity contribution in [3.8, 4) is 11.5 Å². The molecule has 1 atom stereocenters. The second-order valence-corrected chi connectivity index (χ2v) is 5.03. The van der Waals surface area contributed by atoms with Crippen molar-refractivity contribution in [2.24, 2.45) is 0 Å². The van der Waals surface area contributed by atoms with E-state index in [1.165, 1.54) is 0 Å². The van der Waals surface area contributed by atoms with Crippen molar-refractivity contribution in [2.45, 2.75) is 12.3 Å². The van der Waals surface area contributed by atoms with Crippen LogP contribution in [0, 0.1) is 0 Å². The fourth-order valence-corrected chi connectivity index (χ4v) is 2.51. The van der Waals surface area contributed by atoms with E-state index in [1.807, 2.05) is 36.4 Å². The van der Waals surface area contributed by atoms with E-state index in [9.17, 15) is 4.79 Å². The van der Waals surface area contributed by atoms with E-state index < -0.39 is 5.97 Å². The summed E-state index contributed by atoms with van der Waals surface area (Å²) in [5, 5.41) is 8.93. The molecule has 0 amide bonds. The largest absolute Gasteiger partial charge is 0.493 e. The Hall–Kier alpha value is -2.49. The van der Waals surface area contributed by atoms with Crippen LogP contribution in [0.4, 0.5) is 0 Å². The van der Waals surface area contributed by atoms with Gasteiger partial charge in [0.15, 0.2) is 0 Å².